The topological polar surface area (TPSA) is 24.7 Å². The van der Waals surface area contributed by atoms with Gasteiger partial charge in [0, 0.05) is 20.1 Å². The summed E-state index contributed by atoms with van der Waals surface area (Å²) < 4.78 is 1.74. The summed E-state index contributed by atoms with van der Waals surface area (Å²) in [7, 11) is 0. The van der Waals surface area contributed by atoms with Gasteiger partial charge in [-0.3, -0.25) is 0 Å². The molecule has 0 amide bonds. The third kappa shape index (κ3) is 4.16. The van der Waals surface area contributed by atoms with Crippen LogP contribution in [-0.4, -0.2) is 10.3 Å². The summed E-state index contributed by atoms with van der Waals surface area (Å²) in [6.07, 6.45) is 0. The smallest absolute Gasteiger partial charge is 0.136 e. The minimum Gasteiger partial charge on any atom is -0.136 e. The van der Waals surface area contributed by atoms with Crippen molar-refractivity contribution in [1.29, 1.82) is 0 Å². The fourth-order valence-corrected chi connectivity index (χ4v) is 2.70. The SMILES string of the molecule is Cl/C(=N\N=C(/Cl)c1cc(Br)ccc1Br)c1ccccc1. The van der Waals surface area contributed by atoms with Crippen LogP contribution in [0.2, 0.25) is 0 Å². The molecule has 2 aromatic rings. The van der Waals surface area contributed by atoms with E-state index in [1.165, 1.54) is 0 Å². The summed E-state index contributed by atoms with van der Waals surface area (Å²) in [5.74, 6) is 0. The van der Waals surface area contributed by atoms with E-state index in [0.29, 0.717) is 0 Å². The standard InChI is InChI=1S/C14H8Br2Cl2N2/c15-10-6-7-12(16)11(8-10)14(18)20-19-13(17)9-4-2-1-3-5-9/h1-8H/b19-13-,20-14-. The lowest BCUT2D eigenvalue weighted by molar-refractivity contribution is 1.25. The molecule has 0 heterocycles. The van der Waals surface area contributed by atoms with Gasteiger partial charge < -0.3 is 0 Å². The molecular formula is C14H8Br2Cl2N2. The van der Waals surface area contributed by atoms with E-state index in [2.05, 4.69) is 42.1 Å². The van der Waals surface area contributed by atoms with E-state index in [9.17, 15) is 0 Å². The molecule has 2 nitrogen and oxygen atoms in total. The molecule has 0 aromatic heterocycles. The zero-order valence-electron chi connectivity index (χ0n) is 10.0. The second-order valence-corrected chi connectivity index (χ2v) is 6.26. The van der Waals surface area contributed by atoms with E-state index in [-0.39, 0.29) is 10.3 Å². The lowest BCUT2D eigenvalue weighted by atomic mass is 10.2. The van der Waals surface area contributed by atoms with Crippen LogP contribution in [-0.2, 0) is 0 Å². The maximum absolute atomic E-state index is 6.15. The number of hydrogen-bond acceptors (Lipinski definition) is 2. The first-order chi connectivity index (χ1) is 9.58. The van der Waals surface area contributed by atoms with Crippen molar-refractivity contribution in [1.82, 2.24) is 0 Å². The Bertz CT molecular complexity index is 670. The van der Waals surface area contributed by atoms with Crippen molar-refractivity contribution in [2.24, 2.45) is 10.2 Å². The number of benzene rings is 2. The van der Waals surface area contributed by atoms with E-state index in [0.717, 1.165) is 20.1 Å². The normalized spacial score (nSPS) is 12.6. The Kier molecular flexibility index (Phi) is 5.78. The molecule has 0 fully saturated rings. The van der Waals surface area contributed by atoms with Gasteiger partial charge in [0.2, 0.25) is 0 Å². The molecule has 0 bridgehead atoms. The average Bonchev–Trinajstić information content (AvgIpc) is 2.47. The highest BCUT2D eigenvalue weighted by atomic mass is 79.9. The van der Waals surface area contributed by atoms with Crippen molar-refractivity contribution in [3.05, 3.63) is 68.6 Å². The molecule has 2 aromatic carbocycles. The molecule has 0 saturated heterocycles. The quantitative estimate of drug-likeness (QED) is 0.431. The Morgan fingerprint density at radius 3 is 2.20 bits per heavy atom. The van der Waals surface area contributed by atoms with Crippen LogP contribution in [0.1, 0.15) is 11.1 Å². The molecule has 0 unspecified atom stereocenters. The summed E-state index contributed by atoms with van der Waals surface area (Å²) >= 11 is 19.0. The van der Waals surface area contributed by atoms with E-state index in [1.807, 2.05) is 48.5 Å². The van der Waals surface area contributed by atoms with Gasteiger partial charge in [-0.2, -0.15) is 0 Å². The maximum atomic E-state index is 6.15. The van der Waals surface area contributed by atoms with Crippen LogP contribution in [0.3, 0.4) is 0 Å². The molecule has 0 radical (unpaired) electrons. The molecule has 0 N–H and O–H groups in total. The third-order valence-corrected chi connectivity index (χ3v) is 4.15. The van der Waals surface area contributed by atoms with Crippen LogP contribution in [0.25, 0.3) is 0 Å². The van der Waals surface area contributed by atoms with Gasteiger partial charge in [-0.05, 0) is 18.2 Å². The fraction of sp³-hybridized carbons (Fsp3) is 0. The average molecular weight is 435 g/mol. The Morgan fingerprint density at radius 2 is 1.50 bits per heavy atom. The predicted molar refractivity (Wildman–Crippen MR) is 93.1 cm³/mol. The summed E-state index contributed by atoms with van der Waals surface area (Å²) in [4.78, 5) is 0. The van der Waals surface area contributed by atoms with Crippen molar-refractivity contribution < 1.29 is 0 Å². The minimum absolute atomic E-state index is 0.257. The molecule has 0 spiro atoms. The largest absolute Gasteiger partial charge is 0.160 e. The zero-order chi connectivity index (χ0) is 14.5. The fourth-order valence-electron chi connectivity index (χ4n) is 1.43. The second kappa shape index (κ2) is 7.36. The first kappa shape index (κ1) is 15.7. The van der Waals surface area contributed by atoms with Crippen LogP contribution >= 0.6 is 55.1 Å². The van der Waals surface area contributed by atoms with Gasteiger partial charge >= 0.3 is 0 Å². The molecule has 0 aliphatic rings. The van der Waals surface area contributed by atoms with Crippen LogP contribution in [0.4, 0.5) is 0 Å². The lowest BCUT2D eigenvalue weighted by Gasteiger charge is -2.02. The molecule has 0 atom stereocenters. The molecule has 6 heteroatoms. The number of halogens is 4. The van der Waals surface area contributed by atoms with E-state index in [1.54, 1.807) is 0 Å². The number of rotatable bonds is 3. The molecule has 0 saturated carbocycles. The van der Waals surface area contributed by atoms with E-state index < -0.39 is 0 Å². The number of nitrogens with zero attached hydrogens (tertiary/aromatic N) is 2. The minimum atomic E-state index is 0.257. The first-order valence-corrected chi connectivity index (χ1v) is 7.89. The van der Waals surface area contributed by atoms with E-state index in [4.69, 9.17) is 23.2 Å². The van der Waals surface area contributed by atoms with Gasteiger partial charge in [-0.1, -0.05) is 85.4 Å². The van der Waals surface area contributed by atoms with Gasteiger partial charge in [0.15, 0.2) is 10.3 Å². The van der Waals surface area contributed by atoms with Gasteiger partial charge in [0.1, 0.15) is 0 Å². The van der Waals surface area contributed by atoms with Gasteiger partial charge in [0.25, 0.3) is 0 Å². The van der Waals surface area contributed by atoms with Crippen LogP contribution < -0.4 is 0 Å². The summed E-state index contributed by atoms with van der Waals surface area (Å²) in [6.45, 7) is 0. The van der Waals surface area contributed by atoms with Gasteiger partial charge in [-0.25, -0.2) is 0 Å². The predicted octanol–water partition coefficient (Wildman–Crippen LogP) is 5.80. The summed E-state index contributed by atoms with van der Waals surface area (Å²) in [5, 5.41) is 8.45. The molecule has 0 aliphatic heterocycles. The molecule has 0 aliphatic carbocycles. The molecule has 20 heavy (non-hydrogen) atoms. The molecule has 102 valence electrons. The van der Waals surface area contributed by atoms with Crippen molar-refractivity contribution in [3.63, 3.8) is 0 Å². The Labute approximate surface area is 143 Å². The van der Waals surface area contributed by atoms with Crippen molar-refractivity contribution in [2.45, 2.75) is 0 Å². The summed E-state index contributed by atoms with van der Waals surface area (Å²) in [5.41, 5.74) is 1.53. The van der Waals surface area contributed by atoms with Gasteiger partial charge in [0.05, 0.1) is 0 Å². The first-order valence-electron chi connectivity index (χ1n) is 5.55. The lowest BCUT2D eigenvalue weighted by Crippen LogP contribution is -1.94. The van der Waals surface area contributed by atoms with Gasteiger partial charge in [-0.15, -0.1) is 10.2 Å². The van der Waals surface area contributed by atoms with Crippen LogP contribution in [0.5, 0.6) is 0 Å². The van der Waals surface area contributed by atoms with Crippen LogP contribution in [0, 0.1) is 0 Å². The molecular weight excluding hydrogens is 427 g/mol. The van der Waals surface area contributed by atoms with Crippen molar-refractivity contribution >= 4 is 65.4 Å². The Balaban J connectivity index is 2.29. The molecule has 2 rings (SSSR count). The highest BCUT2D eigenvalue weighted by Crippen LogP contribution is 2.23. The highest BCUT2D eigenvalue weighted by molar-refractivity contribution is 9.11. The Morgan fingerprint density at radius 1 is 0.850 bits per heavy atom. The van der Waals surface area contributed by atoms with Crippen LogP contribution in [0.15, 0.2) is 67.7 Å². The van der Waals surface area contributed by atoms with E-state index >= 15 is 0 Å². The Hall–Kier alpha value is -0.680. The zero-order valence-corrected chi connectivity index (χ0v) is 14.7. The van der Waals surface area contributed by atoms with Crippen molar-refractivity contribution in [2.75, 3.05) is 0 Å². The monoisotopic (exact) mass is 432 g/mol. The highest BCUT2D eigenvalue weighted by Gasteiger charge is 2.06. The number of hydrogen-bond donors (Lipinski definition) is 0. The maximum Gasteiger partial charge on any atom is 0.160 e. The van der Waals surface area contributed by atoms with Crippen molar-refractivity contribution in [3.8, 4) is 0 Å². The summed E-state index contributed by atoms with van der Waals surface area (Å²) in [6, 6.07) is 15.0. The third-order valence-electron chi connectivity index (χ3n) is 2.39. The second-order valence-electron chi connectivity index (χ2n) is 3.77.